The van der Waals surface area contributed by atoms with Gasteiger partial charge in [-0.15, -0.1) is 0 Å². The topological polar surface area (TPSA) is 81.2 Å². The SMILES string of the molecule is Cc1ccc(C)n1-c1ccc(-c2nc(-c3ccc(S(=O)(=O)N4CCCC4)cc3)no2)cc1. The Morgan fingerprint density at radius 3 is 2.03 bits per heavy atom. The van der Waals surface area contributed by atoms with E-state index in [1.807, 2.05) is 24.3 Å². The van der Waals surface area contributed by atoms with Crippen molar-refractivity contribution in [3.63, 3.8) is 0 Å². The molecule has 4 aromatic rings. The van der Waals surface area contributed by atoms with Gasteiger partial charge >= 0.3 is 0 Å². The van der Waals surface area contributed by atoms with E-state index in [1.165, 1.54) is 15.7 Å². The van der Waals surface area contributed by atoms with Gasteiger partial charge in [0.25, 0.3) is 5.89 Å². The van der Waals surface area contributed by atoms with Crippen molar-refractivity contribution in [2.75, 3.05) is 13.1 Å². The van der Waals surface area contributed by atoms with E-state index in [0.717, 1.165) is 24.1 Å². The Bertz CT molecular complexity index is 1330. The molecule has 5 rings (SSSR count). The summed E-state index contributed by atoms with van der Waals surface area (Å²) in [6, 6.07) is 18.8. The molecule has 3 heterocycles. The molecule has 0 amide bonds. The molecule has 1 aliphatic rings. The van der Waals surface area contributed by atoms with Crippen molar-refractivity contribution in [1.29, 1.82) is 0 Å². The third-order valence-corrected chi connectivity index (χ3v) is 7.80. The van der Waals surface area contributed by atoms with Crippen LogP contribution in [0.2, 0.25) is 0 Å². The minimum absolute atomic E-state index is 0.290. The van der Waals surface area contributed by atoms with Gasteiger partial charge in [0.2, 0.25) is 15.8 Å². The van der Waals surface area contributed by atoms with Gasteiger partial charge < -0.3 is 9.09 Å². The number of sulfonamides is 1. The summed E-state index contributed by atoms with van der Waals surface area (Å²) in [4.78, 5) is 4.79. The van der Waals surface area contributed by atoms with Crippen LogP contribution in [0.5, 0.6) is 0 Å². The van der Waals surface area contributed by atoms with E-state index in [9.17, 15) is 8.42 Å². The van der Waals surface area contributed by atoms with Gasteiger partial charge in [-0.3, -0.25) is 0 Å². The van der Waals surface area contributed by atoms with E-state index in [4.69, 9.17) is 4.52 Å². The number of hydrogen-bond acceptors (Lipinski definition) is 5. The Kier molecular flexibility index (Phi) is 5.19. The molecular weight excluding hydrogens is 424 g/mol. The minimum Gasteiger partial charge on any atom is -0.334 e. The van der Waals surface area contributed by atoms with Crippen LogP contribution in [0.4, 0.5) is 0 Å². The van der Waals surface area contributed by atoms with Crippen LogP contribution in [0.1, 0.15) is 24.2 Å². The smallest absolute Gasteiger partial charge is 0.258 e. The number of aromatic nitrogens is 3. The fourth-order valence-corrected chi connectivity index (χ4v) is 5.66. The van der Waals surface area contributed by atoms with Crippen LogP contribution >= 0.6 is 0 Å². The molecule has 1 aliphatic heterocycles. The Morgan fingerprint density at radius 1 is 0.812 bits per heavy atom. The second-order valence-corrected chi connectivity index (χ2v) is 10.00. The monoisotopic (exact) mass is 448 g/mol. The molecule has 0 aliphatic carbocycles. The maximum atomic E-state index is 12.7. The molecule has 0 saturated carbocycles. The highest BCUT2D eigenvalue weighted by Gasteiger charge is 2.27. The zero-order valence-electron chi connectivity index (χ0n) is 18.0. The molecule has 8 heteroatoms. The second-order valence-electron chi connectivity index (χ2n) is 8.06. The molecular formula is C24H24N4O3S. The van der Waals surface area contributed by atoms with E-state index < -0.39 is 10.0 Å². The Hall–Kier alpha value is -3.23. The average molecular weight is 449 g/mol. The molecule has 164 valence electrons. The normalized spacial score (nSPS) is 14.8. The predicted molar refractivity (Wildman–Crippen MR) is 122 cm³/mol. The van der Waals surface area contributed by atoms with Crippen molar-refractivity contribution in [3.05, 3.63) is 72.1 Å². The Balaban J connectivity index is 1.37. The molecule has 0 unspecified atom stereocenters. The number of rotatable bonds is 5. The summed E-state index contributed by atoms with van der Waals surface area (Å²) in [6.45, 7) is 5.32. The lowest BCUT2D eigenvalue weighted by Gasteiger charge is -2.15. The predicted octanol–water partition coefficient (Wildman–Crippen LogP) is 4.60. The van der Waals surface area contributed by atoms with Crippen LogP contribution in [0.15, 0.2) is 70.1 Å². The summed E-state index contributed by atoms with van der Waals surface area (Å²) in [5.41, 5.74) is 4.94. The molecule has 0 radical (unpaired) electrons. The zero-order valence-corrected chi connectivity index (χ0v) is 18.8. The number of benzene rings is 2. The molecule has 32 heavy (non-hydrogen) atoms. The summed E-state index contributed by atoms with van der Waals surface area (Å²) in [5.74, 6) is 0.840. The van der Waals surface area contributed by atoms with Gasteiger partial charge in [0.05, 0.1) is 4.90 Å². The maximum absolute atomic E-state index is 12.7. The van der Waals surface area contributed by atoms with E-state index >= 15 is 0 Å². The van der Waals surface area contributed by atoms with Gasteiger partial charge in [0.1, 0.15) is 0 Å². The van der Waals surface area contributed by atoms with Crippen LogP contribution in [0, 0.1) is 13.8 Å². The summed E-state index contributed by atoms with van der Waals surface area (Å²) < 4.78 is 34.6. The zero-order chi connectivity index (χ0) is 22.3. The van der Waals surface area contributed by atoms with Gasteiger partial charge in [0, 0.05) is 41.3 Å². The first-order valence-electron chi connectivity index (χ1n) is 10.6. The first kappa shape index (κ1) is 20.7. The molecule has 0 atom stereocenters. The second kappa shape index (κ2) is 8.03. The van der Waals surface area contributed by atoms with Crippen molar-refractivity contribution >= 4 is 10.0 Å². The number of nitrogens with zero attached hydrogens (tertiary/aromatic N) is 4. The number of hydrogen-bond donors (Lipinski definition) is 0. The lowest BCUT2D eigenvalue weighted by Crippen LogP contribution is -2.27. The van der Waals surface area contributed by atoms with Gasteiger partial charge in [-0.05, 0) is 87.4 Å². The number of aryl methyl sites for hydroxylation is 2. The molecule has 2 aromatic heterocycles. The van der Waals surface area contributed by atoms with Crippen LogP contribution in [0.3, 0.4) is 0 Å². The highest BCUT2D eigenvalue weighted by molar-refractivity contribution is 7.89. The molecule has 0 spiro atoms. The van der Waals surface area contributed by atoms with E-state index in [2.05, 4.69) is 40.7 Å². The fraction of sp³-hybridized carbons (Fsp3) is 0.250. The highest BCUT2D eigenvalue weighted by atomic mass is 32.2. The van der Waals surface area contributed by atoms with Gasteiger partial charge in [-0.1, -0.05) is 5.16 Å². The standard InChI is InChI=1S/C24H24N4O3S/c1-17-5-6-18(2)28(17)21-11-7-20(8-12-21)24-25-23(26-31-24)19-9-13-22(14-10-19)32(29,30)27-15-3-4-16-27/h5-14H,3-4,15-16H2,1-2H3. The quantitative estimate of drug-likeness (QED) is 0.446. The summed E-state index contributed by atoms with van der Waals surface area (Å²) in [6.07, 6.45) is 1.82. The maximum Gasteiger partial charge on any atom is 0.258 e. The van der Waals surface area contributed by atoms with E-state index in [1.54, 1.807) is 24.3 Å². The van der Waals surface area contributed by atoms with E-state index in [-0.39, 0.29) is 4.90 Å². The third-order valence-electron chi connectivity index (χ3n) is 5.88. The van der Waals surface area contributed by atoms with Crippen LogP contribution < -0.4 is 0 Å². The molecule has 0 bridgehead atoms. The highest BCUT2D eigenvalue weighted by Crippen LogP contribution is 2.26. The minimum atomic E-state index is -3.44. The molecule has 1 fully saturated rings. The largest absolute Gasteiger partial charge is 0.334 e. The molecule has 0 N–H and O–H groups in total. The molecule has 1 saturated heterocycles. The van der Waals surface area contributed by atoms with Crippen molar-refractivity contribution in [1.82, 2.24) is 19.0 Å². The first-order chi connectivity index (χ1) is 15.4. The van der Waals surface area contributed by atoms with Crippen molar-refractivity contribution in [2.24, 2.45) is 0 Å². The summed E-state index contributed by atoms with van der Waals surface area (Å²) in [7, 11) is -3.44. The van der Waals surface area contributed by atoms with E-state index in [0.29, 0.717) is 30.4 Å². The summed E-state index contributed by atoms with van der Waals surface area (Å²) in [5, 5.41) is 4.08. The Labute approximate surface area is 187 Å². The van der Waals surface area contributed by atoms with Gasteiger partial charge in [-0.2, -0.15) is 9.29 Å². The van der Waals surface area contributed by atoms with Crippen molar-refractivity contribution < 1.29 is 12.9 Å². The van der Waals surface area contributed by atoms with Crippen LogP contribution in [-0.4, -0.2) is 40.5 Å². The van der Waals surface area contributed by atoms with Crippen molar-refractivity contribution in [3.8, 4) is 28.5 Å². The Morgan fingerprint density at radius 2 is 1.41 bits per heavy atom. The summed E-state index contributed by atoms with van der Waals surface area (Å²) >= 11 is 0. The van der Waals surface area contributed by atoms with Gasteiger partial charge in [0.15, 0.2) is 0 Å². The average Bonchev–Trinajstić information content (AvgIpc) is 3.56. The van der Waals surface area contributed by atoms with Crippen LogP contribution in [0.25, 0.3) is 28.5 Å². The van der Waals surface area contributed by atoms with Gasteiger partial charge in [-0.25, -0.2) is 8.42 Å². The van der Waals surface area contributed by atoms with Crippen molar-refractivity contribution in [2.45, 2.75) is 31.6 Å². The lowest BCUT2D eigenvalue weighted by atomic mass is 10.2. The fourth-order valence-electron chi connectivity index (χ4n) is 4.14. The third kappa shape index (κ3) is 3.65. The first-order valence-corrected chi connectivity index (χ1v) is 12.1. The van der Waals surface area contributed by atoms with Crippen LogP contribution in [-0.2, 0) is 10.0 Å². The lowest BCUT2D eigenvalue weighted by molar-refractivity contribution is 0.432. The molecule has 2 aromatic carbocycles. The molecule has 7 nitrogen and oxygen atoms in total.